The van der Waals surface area contributed by atoms with Gasteiger partial charge in [-0.1, -0.05) is 0 Å². The molecule has 1 atom stereocenters. The summed E-state index contributed by atoms with van der Waals surface area (Å²) in [4.78, 5) is 33.5. The molecule has 8 nitrogen and oxygen atoms in total. The molecular formula is C22H31N5O3. The number of aryl methyl sites for hydroxylation is 1. The molecule has 2 aromatic rings. The summed E-state index contributed by atoms with van der Waals surface area (Å²) < 4.78 is 7.19. The zero-order chi connectivity index (χ0) is 21.1. The maximum Gasteiger partial charge on any atom is 0.227 e. The van der Waals surface area contributed by atoms with E-state index in [0.29, 0.717) is 38.6 Å². The van der Waals surface area contributed by atoms with E-state index in [-0.39, 0.29) is 17.7 Å². The lowest BCUT2D eigenvalue weighted by Gasteiger charge is -2.33. The predicted molar refractivity (Wildman–Crippen MR) is 113 cm³/mol. The summed E-state index contributed by atoms with van der Waals surface area (Å²) in [6.45, 7) is 5.96. The van der Waals surface area contributed by atoms with E-state index in [1.807, 2.05) is 34.5 Å². The molecule has 2 fully saturated rings. The van der Waals surface area contributed by atoms with Crippen molar-refractivity contribution in [3.8, 4) is 0 Å². The number of ether oxygens (including phenoxy) is 1. The molecule has 0 saturated carbocycles. The van der Waals surface area contributed by atoms with Crippen LogP contribution in [-0.4, -0.2) is 75.8 Å². The highest BCUT2D eigenvalue weighted by atomic mass is 16.5. The van der Waals surface area contributed by atoms with Crippen LogP contribution >= 0.6 is 0 Å². The Labute approximate surface area is 177 Å². The largest absolute Gasteiger partial charge is 0.382 e. The Hall–Kier alpha value is -2.48. The highest BCUT2D eigenvalue weighted by Gasteiger charge is 2.37. The first-order chi connectivity index (χ1) is 14.6. The third-order valence-electron chi connectivity index (χ3n) is 6.30. The molecule has 30 heavy (non-hydrogen) atoms. The fourth-order valence-corrected chi connectivity index (χ4v) is 4.71. The molecule has 0 aromatic carbocycles. The first-order valence-corrected chi connectivity index (χ1v) is 11.0. The lowest BCUT2D eigenvalue weighted by Crippen LogP contribution is -2.42. The molecule has 8 heteroatoms. The van der Waals surface area contributed by atoms with Gasteiger partial charge >= 0.3 is 0 Å². The van der Waals surface area contributed by atoms with Gasteiger partial charge in [-0.2, -0.15) is 5.10 Å². The summed E-state index contributed by atoms with van der Waals surface area (Å²) >= 11 is 0. The third kappa shape index (κ3) is 4.19. The number of pyridine rings is 1. The number of aromatic nitrogens is 3. The molecule has 4 heterocycles. The number of hydrogen-bond acceptors (Lipinski definition) is 5. The standard InChI is InChI=1S/C22H31N5O3/c1-3-30-13-5-10-27-15-17(14-19(27)28)22(29)26-11-7-16(8-12-26)20-18-6-4-9-23-21(18)25(2)24-20/h4,6,9,16-17H,3,5,7-8,10-15H2,1-2H3/t17-/m1/s1. The average Bonchev–Trinajstić information content (AvgIpc) is 3.31. The Morgan fingerprint density at radius 1 is 1.30 bits per heavy atom. The SMILES string of the molecule is CCOCCCN1C[C@H](C(=O)N2CCC(c3nn(C)c4ncccc34)CC2)CC1=O. The van der Waals surface area contributed by atoms with Crippen molar-refractivity contribution in [2.24, 2.45) is 13.0 Å². The summed E-state index contributed by atoms with van der Waals surface area (Å²) in [6.07, 6.45) is 4.73. The van der Waals surface area contributed by atoms with E-state index < -0.39 is 0 Å². The molecule has 0 radical (unpaired) electrons. The topological polar surface area (TPSA) is 80.6 Å². The van der Waals surface area contributed by atoms with Crippen LogP contribution in [-0.2, 0) is 21.4 Å². The smallest absolute Gasteiger partial charge is 0.227 e. The van der Waals surface area contributed by atoms with Crippen LogP contribution in [0, 0.1) is 5.92 Å². The highest BCUT2D eigenvalue weighted by Crippen LogP contribution is 2.32. The molecule has 2 amide bonds. The minimum atomic E-state index is -0.207. The number of hydrogen-bond donors (Lipinski definition) is 0. The van der Waals surface area contributed by atoms with Crippen LogP contribution in [0.5, 0.6) is 0 Å². The van der Waals surface area contributed by atoms with Gasteiger partial charge in [-0.25, -0.2) is 4.98 Å². The van der Waals surface area contributed by atoms with Crippen molar-refractivity contribution in [1.82, 2.24) is 24.6 Å². The van der Waals surface area contributed by atoms with Gasteiger partial charge in [0.05, 0.1) is 11.6 Å². The van der Waals surface area contributed by atoms with E-state index in [1.165, 1.54) is 0 Å². The van der Waals surface area contributed by atoms with Gasteiger partial charge in [-0.3, -0.25) is 14.3 Å². The third-order valence-corrected chi connectivity index (χ3v) is 6.30. The fraction of sp³-hybridized carbons (Fsp3) is 0.636. The summed E-state index contributed by atoms with van der Waals surface area (Å²) in [5.74, 6) is 0.345. The summed E-state index contributed by atoms with van der Waals surface area (Å²) in [5.41, 5.74) is 1.99. The van der Waals surface area contributed by atoms with Crippen molar-refractivity contribution in [3.63, 3.8) is 0 Å². The molecule has 0 bridgehead atoms. The van der Waals surface area contributed by atoms with E-state index in [4.69, 9.17) is 9.84 Å². The normalized spacial score (nSPS) is 20.5. The van der Waals surface area contributed by atoms with Crippen LogP contribution in [0.1, 0.15) is 44.2 Å². The molecule has 2 aliphatic heterocycles. The first kappa shape index (κ1) is 20.8. The minimum absolute atomic E-state index is 0.0900. The van der Waals surface area contributed by atoms with Crippen molar-refractivity contribution in [3.05, 3.63) is 24.0 Å². The van der Waals surface area contributed by atoms with Crippen LogP contribution in [0.25, 0.3) is 11.0 Å². The van der Waals surface area contributed by atoms with Crippen LogP contribution in [0.3, 0.4) is 0 Å². The van der Waals surface area contributed by atoms with Crippen molar-refractivity contribution in [2.75, 3.05) is 39.4 Å². The van der Waals surface area contributed by atoms with E-state index in [0.717, 1.165) is 49.1 Å². The monoisotopic (exact) mass is 413 g/mol. The molecule has 0 unspecified atom stereocenters. The van der Waals surface area contributed by atoms with Crippen molar-refractivity contribution in [2.45, 2.75) is 38.5 Å². The van der Waals surface area contributed by atoms with Gasteiger partial charge < -0.3 is 14.5 Å². The van der Waals surface area contributed by atoms with Crippen molar-refractivity contribution < 1.29 is 14.3 Å². The molecule has 0 spiro atoms. The van der Waals surface area contributed by atoms with Gasteiger partial charge in [0.2, 0.25) is 11.8 Å². The Morgan fingerprint density at radius 2 is 2.10 bits per heavy atom. The zero-order valence-electron chi connectivity index (χ0n) is 17.9. The Bertz CT molecular complexity index is 903. The quantitative estimate of drug-likeness (QED) is 0.648. The van der Waals surface area contributed by atoms with Crippen LogP contribution in [0.4, 0.5) is 0 Å². The first-order valence-electron chi connectivity index (χ1n) is 11.0. The molecule has 162 valence electrons. The van der Waals surface area contributed by atoms with Crippen molar-refractivity contribution in [1.29, 1.82) is 0 Å². The van der Waals surface area contributed by atoms with Crippen LogP contribution in [0.15, 0.2) is 18.3 Å². The average molecular weight is 414 g/mol. The van der Waals surface area contributed by atoms with Gasteiger partial charge in [-0.05, 0) is 38.3 Å². The lowest BCUT2D eigenvalue weighted by molar-refractivity contribution is -0.136. The number of carbonyl (C=O) groups is 2. The molecule has 2 aromatic heterocycles. The minimum Gasteiger partial charge on any atom is -0.382 e. The Morgan fingerprint density at radius 3 is 2.87 bits per heavy atom. The molecular weight excluding hydrogens is 382 g/mol. The van der Waals surface area contributed by atoms with Gasteiger partial charge in [0.15, 0.2) is 5.65 Å². The van der Waals surface area contributed by atoms with E-state index in [2.05, 4.69) is 11.1 Å². The number of fused-ring (bicyclic) bond motifs is 1. The highest BCUT2D eigenvalue weighted by molar-refractivity contribution is 5.89. The van der Waals surface area contributed by atoms with E-state index >= 15 is 0 Å². The summed E-state index contributed by atoms with van der Waals surface area (Å²) in [7, 11) is 1.93. The van der Waals surface area contributed by atoms with Gasteiger partial charge in [0.1, 0.15) is 0 Å². The molecule has 2 saturated heterocycles. The number of piperidine rings is 1. The zero-order valence-corrected chi connectivity index (χ0v) is 17.9. The van der Waals surface area contributed by atoms with E-state index in [9.17, 15) is 9.59 Å². The van der Waals surface area contributed by atoms with Crippen molar-refractivity contribution >= 4 is 22.8 Å². The molecule has 0 aliphatic carbocycles. The second-order valence-corrected chi connectivity index (χ2v) is 8.27. The Kier molecular flexibility index (Phi) is 6.32. The molecule has 0 N–H and O–H groups in total. The van der Waals surface area contributed by atoms with Crippen LogP contribution in [0.2, 0.25) is 0 Å². The number of carbonyl (C=O) groups excluding carboxylic acids is 2. The Balaban J connectivity index is 1.32. The van der Waals surface area contributed by atoms with Gasteiger partial charge in [-0.15, -0.1) is 0 Å². The second kappa shape index (κ2) is 9.12. The number of amides is 2. The number of rotatable bonds is 7. The lowest BCUT2D eigenvalue weighted by atomic mass is 9.91. The van der Waals surface area contributed by atoms with E-state index in [1.54, 1.807) is 6.20 Å². The molecule has 4 rings (SSSR count). The summed E-state index contributed by atoms with van der Waals surface area (Å²) in [6, 6.07) is 4.02. The fourth-order valence-electron chi connectivity index (χ4n) is 4.71. The maximum atomic E-state index is 13.0. The van der Waals surface area contributed by atoms with Gasteiger partial charge in [0.25, 0.3) is 0 Å². The second-order valence-electron chi connectivity index (χ2n) is 8.27. The molecule has 2 aliphatic rings. The van der Waals surface area contributed by atoms with Gasteiger partial charge in [0, 0.05) is 70.4 Å². The predicted octanol–water partition coefficient (Wildman–Crippen LogP) is 1.95. The summed E-state index contributed by atoms with van der Waals surface area (Å²) in [5, 5.41) is 5.82. The number of nitrogens with zero attached hydrogens (tertiary/aromatic N) is 5. The van der Waals surface area contributed by atoms with Crippen LogP contribution < -0.4 is 0 Å². The maximum absolute atomic E-state index is 13.0. The number of likely N-dealkylation sites (tertiary alicyclic amines) is 2.